The number of anilines is 2. The van der Waals surface area contributed by atoms with E-state index < -0.39 is 0 Å². The van der Waals surface area contributed by atoms with Gasteiger partial charge in [-0.15, -0.1) is 0 Å². The summed E-state index contributed by atoms with van der Waals surface area (Å²) in [5.41, 5.74) is 0. The first-order valence-electron chi connectivity index (χ1n) is 6.77. The number of nitrogens with one attached hydrogen (secondary N) is 2. The van der Waals surface area contributed by atoms with Gasteiger partial charge in [0, 0.05) is 19.6 Å². The van der Waals surface area contributed by atoms with Gasteiger partial charge in [-0.2, -0.15) is 15.0 Å². The lowest BCUT2D eigenvalue weighted by Gasteiger charge is -2.20. The van der Waals surface area contributed by atoms with Crippen molar-refractivity contribution in [3.05, 3.63) is 5.28 Å². The van der Waals surface area contributed by atoms with Gasteiger partial charge in [0.25, 0.3) is 0 Å². The summed E-state index contributed by atoms with van der Waals surface area (Å²) in [5, 5.41) is 5.92. The first kappa shape index (κ1) is 16.4. The van der Waals surface area contributed by atoms with Crippen molar-refractivity contribution in [1.82, 2.24) is 20.3 Å². The maximum atomic E-state index is 11.7. The second-order valence-corrected chi connectivity index (χ2v) is 4.46. The Morgan fingerprint density at radius 2 is 2.00 bits per heavy atom. The number of aromatic nitrogens is 3. The van der Waals surface area contributed by atoms with Gasteiger partial charge in [0.2, 0.25) is 23.1 Å². The van der Waals surface area contributed by atoms with Crippen LogP contribution >= 0.6 is 11.6 Å². The third kappa shape index (κ3) is 5.16. The van der Waals surface area contributed by atoms with E-state index in [1.54, 1.807) is 4.90 Å². The van der Waals surface area contributed by atoms with Crippen molar-refractivity contribution in [3.63, 3.8) is 0 Å². The lowest BCUT2D eigenvalue weighted by molar-refractivity contribution is -0.119. The molecule has 1 aromatic heterocycles. The predicted molar refractivity (Wildman–Crippen MR) is 80.2 cm³/mol. The van der Waals surface area contributed by atoms with Crippen LogP contribution in [0.4, 0.5) is 11.9 Å². The summed E-state index contributed by atoms with van der Waals surface area (Å²) in [6, 6.07) is 0. The molecule has 8 heteroatoms. The Bertz CT molecular complexity index is 442. The molecule has 1 aromatic rings. The molecule has 0 unspecified atom stereocenters. The van der Waals surface area contributed by atoms with Crippen molar-refractivity contribution in [2.75, 3.05) is 36.4 Å². The summed E-state index contributed by atoms with van der Waals surface area (Å²) < 4.78 is 0. The fourth-order valence-electron chi connectivity index (χ4n) is 1.55. The fourth-order valence-corrected chi connectivity index (χ4v) is 1.70. The van der Waals surface area contributed by atoms with Gasteiger partial charge in [-0.1, -0.05) is 6.92 Å². The molecule has 112 valence electrons. The van der Waals surface area contributed by atoms with Crippen LogP contribution in [-0.4, -0.2) is 47.0 Å². The summed E-state index contributed by atoms with van der Waals surface area (Å²) >= 11 is 5.90. The number of hydrogen-bond acceptors (Lipinski definition) is 6. The lowest BCUT2D eigenvalue weighted by Crippen LogP contribution is -2.38. The molecule has 0 atom stereocenters. The topological polar surface area (TPSA) is 83.0 Å². The lowest BCUT2D eigenvalue weighted by atomic mass is 10.4. The summed E-state index contributed by atoms with van der Waals surface area (Å²) in [6.45, 7) is 7.99. The molecule has 0 spiro atoms. The monoisotopic (exact) mass is 300 g/mol. The fraction of sp³-hybridized carbons (Fsp3) is 0.667. The molecule has 1 heterocycles. The van der Waals surface area contributed by atoms with E-state index in [-0.39, 0.29) is 17.7 Å². The molecule has 0 aromatic carbocycles. The molecule has 1 rings (SSSR count). The highest BCUT2D eigenvalue weighted by molar-refractivity contribution is 6.28. The van der Waals surface area contributed by atoms with E-state index in [0.717, 1.165) is 13.0 Å². The van der Waals surface area contributed by atoms with Crippen molar-refractivity contribution in [2.24, 2.45) is 0 Å². The van der Waals surface area contributed by atoms with E-state index in [9.17, 15) is 4.79 Å². The highest BCUT2D eigenvalue weighted by atomic mass is 35.5. The number of hydrogen-bond donors (Lipinski definition) is 2. The highest BCUT2D eigenvalue weighted by Crippen LogP contribution is 2.13. The standard InChI is InChI=1S/C12H21ClN6O/c1-4-7-15-11-16-10(13)17-12(18-11)19(6-3)8-9(20)14-5-2/h4-8H2,1-3H3,(H,14,20)(H,15,16,17,18). The number of halogens is 1. The Morgan fingerprint density at radius 3 is 2.60 bits per heavy atom. The van der Waals surface area contributed by atoms with Gasteiger partial charge >= 0.3 is 0 Å². The first-order valence-corrected chi connectivity index (χ1v) is 7.15. The van der Waals surface area contributed by atoms with Crippen molar-refractivity contribution in [3.8, 4) is 0 Å². The van der Waals surface area contributed by atoms with Gasteiger partial charge in [0.15, 0.2) is 0 Å². The van der Waals surface area contributed by atoms with Crippen LogP contribution in [0.15, 0.2) is 0 Å². The minimum atomic E-state index is -0.0750. The van der Waals surface area contributed by atoms with Gasteiger partial charge in [0.05, 0.1) is 6.54 Å². The minimum Gasteiger partial charge on any atom is -0.355 e. The van der Waals surface area contributed by atoms with Gasteiger partial charge in [0.1, 0.15) is 0 Å². The number of carbonyl (C=O) groups is 1. The van der Waals surface area contributed by atoms with E-state index >= 15 is 0 Å². The minimum absolute atomic E-state index is 0.0750. The van der Waals surface area contributed by atoms with Crippen LogP contribution in [0.25, 0.3) is 0 Å². The van der Waals surface area contributed by atoms with Crippen molar-refractivity contribution >= 4 is 29.4 Å². The number of likely N-dealkylation sites (N-methyl/N-ethyl adjacent to an activating group) is 2. The number of carbonyl (C=O) groups excluding carboxylic acids is 1. The van der Waals surface area contributed by atoms with Crippen molar-refractivity contribution in [2.45, 2.75) is 27.2 Å². The number of amides is 1. The first-order chi connectivity index (χ1) is 9.60. The van der Waals surface area contributed by atoms with Gasteiger partial charge < -0.3 is 15.5 Å². The van der Waals surface area contributed by atoms with E-state index in [4.69, 9.17) is 11.6 Å². The summed E-state index contributed by atoms with van der Waals surface area (Å²) in [4.78, 5) is 25.8. The molecule has 0 aliphatic carbocycles. The van der Waals surface area contributed by atoms with Crippen LogP contribution in [0.2, 0.25) is 5.28 Å². The molecular formula is C12H21ClN6O. The zero-order valence-electron chi connectivity index (χ0n) is 12.1. The zero-order valence-corrected chi connectivity index (χ0v) is 12.9. The van der Waals surface area contributed by atoms with Crippen molar-refractivity contribution in [1.29, 1.82) is 0 Å². The summed E-state index contributed by atoms with van der Waals surface area (Å²) in [6.07, 6.45) is 0.953. The molecule has 0 aliphatic rings. The Kier molecular flexibility index (Phi) is 7.00. The predicted octanol–water partition coefficient (Wildman–Crippen LogP) is 1.31. The van der Waals surface area contributed by atoms with Gasteiger partial charge in [-0.3, -0.25) is 4.79 Å². The quantitative estimate of drug-likeness (QED) is 0.753. The second-order valence-electron chi connectivity index (χ2n) is 4.12. The van der Waals surface area contributed by atoms with Crippen LogP contribution in [0.3, 0.4) is 0 Å². The maximum Gasteiger partial charge on any atom is 0.239 e. The molecule has 0 fully saturated rings. The van der Waals surface area contributed by atoms with E-state index in [1.165, 1.54) is 0 Å². The SMILES string of the molecule is CCCNc1nc(Cl)nc(N(CC)CC(=O)NCC)n1. The van der Waals surface area contributed by atoms with E-state index in [0.29, 0.717) is 25.0 Å². The Balaban J connectivity index is 2.85. The molecule has 0 saturated heterocycles. The van der Waals surface area contributed by atoms with Crippen LogP contribution in [0, 0.1) is 0 Å². The Hall–Kier alpha value is -1.63. The number of nitrogens with zero attached hydrogens (tertiary/aromatic N) is 4. The summed E-state index contributed by atoms with van der Waals surface area (Å²) in [7, 11) is 0. The highest BCUT2D eigenvalue weighted by Gasteiger charge is 2.14. The molecule has 20 heavy (non-hydrogen) atoms. The summed E-state index contributed by atoms with van der Waals surface area (Å²) in [5.74, 6) is 0.752. The van der Waals surface area contributed by atoms with Crippen LogP contribution in [-0.2, 0) is 4.79 Å². The zero-order chi connectivity index (χ0) is 15.0. The van der Waals surface area contributed by atoms with Gasteiger partial charge in [-0.25, -0.2) is 0 Å². The molecule has 1 amide bonds. The molecule has 0 radical (unpaired) electrons. The molecule has 0 bridgehead atoms. The Morgan fingerprint density at radius 1 is 1.25 bits per heavy atom. The molecule has 2 N–H and O–H groups in total. The molecular weight excluding hydrogens is 280 g/mol. The average molecular weight is 301 g/mol. The maximum absolute atomic E-state index is 11.7. The Labute approximate surface area is 124 Å². The molecule has 0 aliphatic heterocycles. The van der Waals surface area contributed by atoms with E-state index in [1.807, 2.05) is 20.8 Å². The average Bonchev–Trinajstić information content (AvgIpc) is 2.42. The van der Waals surface area contributed by atoms with Crippen molar-refractivity contribution < 1.29 is 4.79 Å². The largest absolute Gasteiger partial charge is 0.355 e. The molecule has 7 nitrogen and oxygen atoms in total. The number of rotatable bonds is 8. The van der Waals surface area contributed by atoms with Crippen LogP contribution in [0.5, 0.6) is 0 Å². The third-order valence-corrected chi connectivity index (χ3v) is 2.67. The normalized spacial score (nSPS) is 10.2. The van der Waals surface area contributed by atoms with Crippen LogP contribution in [0.1, 0.15) is 27.2 Å². The van der Waals surface area contributed by atoms with Gasteiger partial charge in [-0.05, 0) is 31.9 Å². The van der Waals surface area contributed by atoms with E-state index in [2.05, 4.69) is 25.6 Å². The third-order valence-electron chi connectivity index (χ3n) is 2.50. The molecule has 0 saturated carbocycles. The van der Waals surface area contributed by atoms with Crippen LogP contribution < -0.4 is 15.5 Å². The second kappa shape index (κ2) is 8.52. The smallest absolute Gasteiger partial charge is 0.239 e.